The number of halogens is 2. The molecular weight excluding hydrogens is 332 g/mol. The number of rotatable bonds is 3. The molecule has 0 aliphatic heterocycles. The van der Waals surface area contributed by atoms with E-state index in [0.29, 0.717) is 15.2 Å². The van der Waals surface area contributed by atoms with E-state index in [0.717, 1.165) is 0 Å². The molecule has 19 heavy (non-hydrogen) atoms. The number of nitrogens with zero attached hydrogens (tertiary/aromatic N) is 1. The van der Waals surface area contributed by atoms with Crippen molar-refractivity contribution >= 4 is 39.1 Å². The van der Waals surface area contributed by atoms with E-state index >= 15 is 0 Å². The third-order valence-electron chi connectivity index (χ3n) is 2.40. The van der Waals surface area contributed by atoms with Gasteiger partial charge in [-0.2, -0.15) is 0 Å². The number of hydrogen-bond acceptors (Lipinski definition) is 2. The van der Waals surface area contributed by atoms with Crippen molar-refractivity contribution in [3.63, 3.8) is 0 Å². The van der Waals surface area contributed by atoms with Crippen LogP contribution in [0, 0.1) is 0 Å². The zero-order valence-electron chi connectivity index (χ0n) is 9.77. The van der Waals surface area contributed by atoms with Gasteiger partial charge in [0.1, 0.15) is 6.54 Å². The topological polar surface area (TPSA) is 51.1 Å². The predicted molar refractivity (Wildman–Crippen MR) is 78.5 cm³/mol. The van der Waals surface area contributed by atoms with Gasteiger partial charge in [0.15, 0.2) is 0 Å². The van der Waals surface area contributed by atoms with Crippen molar-refractivity contribution in [2.75, 3.05) is 5.32 Å². The molecule has 4 nitrogen and oxygen atoms in total. The van der Waals surface area contributed by atoms with Crippen molar-refractivity contribution < 1.29 is 4.79 Å². The quantitative estimate of drug-likeness (QED) is 0.933. The van der Waals surface area contributed by atoms with Gasteiger partial charge in [-0.05, 0) is 46.3 Å². The van der Waals surface area contributed by atoms with Crippen molar-refractivity contribution in [3.05, 3.63) is 62.4 Å². The van der Waals surface area contributed by atoms with Crippen LogP contribution >= 0.6 is 27.5 Å². The molecule has 6 heteroatoms. The molecule has 1 aromatic heterocycles. The van der Waals surface area contributed by atoms with Crippen LogP contribution in [0.4, 0.5) is 5.69 Å². The molecule has 0 aliphatic rings. The zero-order chi connectivity index (χ0) is 13.8. The van der Waals surface area contributed by atoms with Crippen molar-refractivity contribution in [2.24, 2.45) is 0 Å². The van der Waals surface area contributed by atoms with Gasteiger partial charge in [-0.15, -0.1) is 0 Å². The van der Waals surface area contributed by atoms with Gasteiger partial charge in [0, 0.05) is 16.9 Å². The number of carbonyl (C=O) groups excluding carboxylic acids is 1. The highest BCUT2D eigenvalue weighted by Crippen LogP contribution is 2.14. The lowest BCUT2D eigenvalue weighted by Crippen LogP contribution is -2.27. The van der Waals surface area contributed by atoms with Crippen LogP contribution in [0.1, 0.15) is 0 Å². The Morgan fingerprint density at radius 3 is 2.84 bits per heavy atom. The lowest BCUT2D eigenvalue weighted by atomic mass is 10.3. The number of anilines is 1. The molecule has 98 valence electrons. The summed E-state index contributed by atoms with van der Waals surface area (Å²) in [5, 5.41) is 3.22. The van der Waals surface area contributed by atoms with E-state index in [-0.39, 0.29) is 18.0 Å². The predicted octanol–water partition coefficient (Wildman–Crippen LogP) is 2.90. The maximum atomic E-state index is 11.8. The van der Waals surface area contributed by atoms with Crippen LogP contribution in [0.2, 0.25) is 5.02 Å². The molecule has 0 unspecified atom stereocenters. The molecular formula is C13H10BrClN2O2. The van der Waals surface area contributed by atoms with Gasteiger partial charge in [0.05, 0.1) is 4.47 Å². The molecule has 0 radical (unpaired) electrons. The van der Waals surface area contributed by atoms with Gasteiger partial charge in [-0.3, -0.25) is 9.59 Å². The minimum absolute atomic E-state index is 0.0508. The van der Waals surface area contributed by atoms with Crippen molar-refractivity contribution in [1.29, 1.82) is 0 Å². The highest BCUT2D eigenvalue weighted by atomic mass is 79.9. The SMILES string of the molecule is O=C(Cn1cccc(Br)c1=O)Nc1cccc(Cl)c1. The third-order valence-corrected chi connectivity index (χ3v) is 3.23. The zero-order valence-corrected chi connectivity index (χ0v) is 12.1. The second kappa shape index (κ2) is 6.04. The molecule has 1 aromatic carbocycles. The Morgan fingerprint density at radius 2 is 2.11 bits per heavy atom. The molecule has 0 saturated heterocycles. The number of hydrogen-bond donors (Lipinski definition) is 1. The minimum atomic E-state index is -0.289. The Labute approximate surface area is 123 Å². The van der Waals surface area contributed by atoms with Gasteiger partial charge < -0.3 is 9.88 Å². The van der Waals surface area contributed by atoms with Crippen LogP contribution in [0.5, 0.6) is 0 Å². The summed E-state index contributed by atoms with van der Waals surface area (Å²) in [7, 11) is 0. The number of pyridine rings is 1. The number of nitrogens with one attached hydrogen (secondary N) is 1. The number of amides is 1. The van der Waals surface area contributed by atoms with Gasteiger partial charge >= 0.3 is 0 Å². The first-order chi connectivity index (χ1) is 9.06. The molecule has 0 atom stereocenters. The summed E-state index contributed by atoms with van der Waals surface area (Å²) in [6.45, 7) is -0.0508. The van der Waals surface area contributed by atoms with Crippen molar-refractivity contribution in [2.45, 2.75) is 6.54 Å². The van der Waals surface area contributed by atoms with Crippen LogP contribution in [-0.4, -0.2) is 10.5 Å². The highest BCUT2D eigenvalue weighted by molar-refractivity contribution is 9.10. The normalized spacial score (nSPS) is 10.2. The molecule has 0 saturated carbocycles. The average molecular weight is 342 g/mol. The molecule has 1 heterocycles. The summed E-state index contributed by atoms with van der Waals surface area (Å²) in [5.74, 6) is -0.289. The second-order valence-electron chi connectivity index (χ2n) is 3.85. The second-order valence-corrected chi connectivity index (χ2v) is 5.14. The Bertz CT molecular complexity index is 670. The van der Waals surface area contributed by atoms with E-state index in [4.69, 9.17) is 11.6 Å². The molecule has 0 aliphatic carbocycles. The number of benzene rings is 1. The van der Waals surface area contributed by atoms with Crippen LogP contribution < -0.4 is 10.9 Å². The fourth-order valence-electron chi connectivity index (χ4n) is 1.55. The third kappa shape index (κ3) is 3.68. The first-order valence-electron chi connectivity index (χ1n) is 5.46. The highest BCUT2D eigenvalue weighted by Gasteiger charge is 2.06. The van der Waals surface area contributed by atoms with E-state index < -0.39 is 0 Å². The molecule has 0 bridgehead atoms. The Morgan fingerprint density at radius 1 is 1.32 bits per heavy atom. The molecule has 2 rings (SSSR count). The maximum absolute atomic E-state index is 11.8. The molecule has 2 aromatic rings. The smallest absolute Gasteiger partial charge is 0.265 e. The summed E-state index contributed by atoms with van der Waals surface area (Å²) in [5.41, 5.74) is 0.351. The summed E-state index contributed by atoms with van der Waals surface area (Å²) < 4.78 is 1.75. The standard InChI is InChI=1S/C13H10BrClN2O2/c14-11-5-2-6-17(13(11)19)8-12(18)16-10-4-1-3-9(15)7-10/h1-7H,8H2,(H,16,18). The summed E-state index contributed by atoms with van der Waals surface area (Å²) in [6.07, 6.45) is 1.56. The molecule has 1 N–H and O–H groups in total. The van der Waals surface area contributed by atoms with Crippen molar-refractivity contribution in [3.8, 4) is 0 Å². The average Bonchev–Trinajstić information content (AvgIpc) is 2.35. The maximum Gasteiger partial charge on any atom is 0.265 e. The van der Waals surface area contributed by atoms with Crippen molar-refractivity contribution in [1.82, 2.24) is 4.57 Å². The Balaban J connectivity index is 2.10. The summed E-state index contributed by atoms with van der Waals surface area (Å²) in [6, 6.07) is 10.2. The molecule has 0 spiro atoms. The first-order valence-corrected chi connectivity index (χ1v) is 6.64. The number of carbonyl (C=O) groups is 1. The Hall–Kier alpha value is -1.59. The van der Waals surface area contributed by atoms with E-state index in [1.54, 1.807) is 42.6 Å². The molecule has 0 fully saturated rings. The lowest BCUT2D eigenvalue weighted by molar-refractivity contribution is -0.116. The van der Waals surface area contributed by atoms with E-state index in [9.17, 15) is 9.59 Å². The number of aromatic nitrogens is 1. The fourth-order valence-corrected chi connectivity index (χ4v) is 2.12. The van der Waals surface area contributed by atoms with Crippen LogP contribution in [-0.2, 0) is 11.3 Å². The minimum Gasteiger partial charge on any atom is -0.324 e. The van der Waals surface area contributed by atoms with Gasteiger partial charge in [0.2, 0.25) is 5.91 Å². The van der Waals surface area contributed by atoms with E-state index in [2.05, 4.69) is 21.2 Å². The Kier molecular flexibility index (Phi) is 4.39. The van der Waals surface area contributed by atoms with E-state index in [1.165, 1.54) is 4.57 Å². The van der Waals surface area contributed by atoms with E-state index in [1.807, 2.05) is 0 Å². The first kappa shape index (κ1) is 13.8. The van der Waals surface area contributed by atoms with Gasteiger partial charge in [-0.1, -0.05) is 17.7 Å². The summed E-state index contributed by atoms with van der Waals surface area (Å²) >= 11 is 8.95. The van der Waals surface area contributed by atoms with Crippen LogP contribution in [0.3, 0.4) is 0 Å². The largest absolute Gasteiger partial charge is 0.324 e. The van der Waals surface area contributed by atoms with Crippen LogP contribution in [0.15, 0.2) is 51.9 Å². The monoisotopic (exact) mass is 340 g/mol. The lowest BCUT2D eigenvalue weighted by Gasteiger charge is -2.07. The van der Waals surface area contributed by atoms with Crippen LogP contribution in [0.25, 0.3) is 0 Å². The fraction of sp³-hybridized carbons (Fsp3) is 0.0769. The molecule has 1 amide bonds. The van der Waals surface area contributed by atoms with Gasteiger partial charge in [-0.25, -0.2) is 0 Å². The van der Waals surface area contributed by atoms with Gasteiger partial charge in [0.25, 0.3) is 5.56 Å². The summed E-state index contributed by atoms with van der Waals surface area (Å²) in [4.78, 5) is 23.6.